The average molecular weight is 384 g/mol. The fraction of sp³-hybridized carbons (Fsp3) is 0.250. The summed E-state index contributed by atoms with van der Waals surface area (Å²) in [6, 6.07) is 14.0. The van der Waals surface area contributed by atoms with E-state index in [2.05, 4.69) is 10.1 Å². The van der Waals surface area contributed by atoms with Crippen molar-refractivity contribution in [3.8, 4) is 0 Å². The van der Waals surface area contributed by atoms with E-state index in [-0.39, 0.29) is 23.6 Å². The number of carbonyl (C=O) groups is 3. The van der Waals surface area contributed by atoms with Crippen LogP contribution < -0.4 is 10.2 Å². The minimum Gasteiger partial charge on any atom is -0.465 e. The van der Waals surface area contributed by atoms with Gasteiger partial charge in [0.2, 0.25) is 11.8 Å². The maximum Gasteiger partial charge on any atom is 0.337 e. The number of rotatable bonds is 4. The number of thioether (sulfide) groups is 1. The van der Waals surface area contributed by atoms with Gasteiger partial charge in [-0.25, -0.2) is 4.79 Å². The number of carbonyl (C=O) groups excluding carboxylic acids is 3. The normalized spacial score (nSPS) is 16.3. The molecule has 0 saturated heterocycles. The summed E-state index contributed by atoms with van der Waals surface area (Å²) in [5, 5.41) is 2.92. The van der Waals surface area contributed by atoms with Gasteiger partial charge >= 0.3 is 5.97 Å². The van der Waals surface area contributed by atoms with E-state index >= 15 is 0 Å². The van der Waals surface area contributed by atoms with E-state index in [4.69, 9.17) is 0 Å². The Kier molecular flexibility index (Phi) is 5.81. The average Bonchev–Trinajstić information content (AvgIpc) is 2.77. The third-order valence-corrected chi connectivity index (χ3v) is 5.31. The van der Waals surface area contributed by atoms with Gasteiger partial charge in [-0.05, 0) is 36.4 Å². The highest BCUT2D eigenvalue weighted by Crippen LogP contribution is 2.37. The second-order valence-electron chi connectivity index (χ2n) is 6.20. The maximum atomic E-state index is 12.6. The van der Waals surface area contributed by atoms with Crippen molar-refractivity contribution in [3.63, 3.8) is 0 Å². The van der Waals surface area contributed by atoms with E-state index in [0.29, 0.717) is 17.7 Å². The Morgan fingerprint density at radius 1 is 1.19 bits per heavy atom. The van der Waals surface area contributed by atoms with Gasteiger partial charge in [-0.15, -0.1) is 11.8 Å². The Balaban J connectivity index is 1.73. The first-order chi connectivity index (χ1) is 13.0. The molecule has 1 aliphatic heterocycles. The van der Waals surface area contributed by atoms with Crippen LogP contribution in [0, 0.1) is 0 Å². The van der Waals surface area contributed by atoms with Crippen molar-refractivity contribution in [2.24, 2.45) is 0 Å². The maximum absolute atomic E-state index is 12.6. The zero-order valence-electron chi connectivity index (χ0n) is 15.1. The first-order valence-corrected chi connectivity index (χ1v) is 9.40. The van der Waals surface area contributed by atoms with Crippen LogP contribution in [0.5, 0.6) is 0 Å². The van der Waals surface area contributed by atoms with Crippen molar-refractivity contribution in [3.05, 3.63) is 54.1 Å². The van der Waals surface area contributed by atoms with Gasteiger partial charge in [0.25, 0.3) is 0 Å². The van der Waals surface area contributed by atoms with Gasteiger partial charge in [-0.3, -0.25) is 9.59 Å². The van der Waals surface area contributed by atoms with E-state index in [0.717, 1.165) is 10.6 Å². The van der Waals surface area contributed by atoms with Crippen LogP contribution in [0.2, 0.25) is 0 Å². The highest BCUT2D eigenvalue weighted by molar-refractivity contribution is 8.00. The molecule has 1 aliphatic rings. The fourth-order valence-electron chi connectivity index (χ4n) is 2.85. The quantitative estimate of drug-likeness (QED) is 0.819. The summed E-state index contributed by atoms with van der Waals surface area (Å²) in [5.41, 5.74) is 1.71. The molecule has 0 bridgehead atoms. The van der Waals surface area contributed by atoms with Crippen LogP contribution in [0.4, 0.5) is 11.4 Å². The lowest BCUT2D eigenvalue weighted by molar-refractivity contribution is -0.121. The van der Waals surface area contributed by atoms with E-state index < -0.39 is 5.97 Å². The number of fused-ring (bicyclic) bond motifs is 1. The number of hydrogen-bond donors (Lipinski definition) is 1. The van der Waals surface area contributed by atoms with Crippen LogP contribution in [0.1, 0.15) is 23.7 Å². The number of benzene rings is 2. The van der Waals surface area contributed by atoms with Crippen molar-refractivity contribution < 1.29 is 19.1 Å². The van der Waals surface area contributed by atoms with Gasteiger partial charge in [0.1, 0.15) is 6.54 Å². The molecule has 0 saturated carbocycles. The predicted molar refractivity (Wildman–Crippen MR) is 105 cm³/mol. The molecule has 0 aliphatic carbocycles. The molecule has 140 valence electrons. The molecule has 0 radical (unpaired) electrons. The summed E-state index contributed by atoms with van der Waals surface area (Å²) >= 11 is 1.64. The van der Waals surface area contributed by atoms with Crippen molar-refractivity contribution in [2.45, 2.75) is 23.5 Å². The van der Waals surface area contributed by atoms with Gasteiger partial charge < -0.3 is 15.0 Å². The molecule has 2 aromatic rings. The summed E-state index contributed by atoms with van der Waals surface area (Å²) in [5.74, 6) is -0.814. The van der Waals surface area contributed by atoms with E-state index in [1.807, 2.05) is 31.2 Å². The summed E-state index contributed by atoms with van der Waals surface area (Å²) in [6.45, 7) is 1.94. The first kappa shape index (κ1) is 19.0. The van der Waals surface area contributed by atoms with Crippen molar-refractivity contribution in [1.82, 2.24) is 0 Å². The van der Waals surface area contributed by atoms with Gasteiger partial charge in [0, 0.05) is 22.3 Å². The van der Waals surface area contributed by atoms with Crippen molar-refractivity contribution in [1.29, 1.82) is 0 Å². The smallest absolute Gasteiger partial charge is 0.337 e. The van der Waals surface area contributed by atoms with Crippen LogP contribution in [0.15, 0.2) is 53.4 Å². The molecule has 0 fully saturated rings. The first-order valence-electron chi connectivity index (χ1n) is 8.52. The van der Waals surface area contributed by atoms with Gasteiger partial charge in [-0.1, -0.05) is 19.1 Å². The summed E-state index contributed by atoms with van der Waals surface area (Å²) in [7, 11) is 1.31. The highest BCUT2D eigenvalue weighted by atomic mass is 32.2. The molecule has 2 amide bonds. The number of esters is 1. The molecule has 0 aromatic heterocycles. The largest absolute Gasteiger partial charge is 0.465 e. The Bertz CT molecular complexity index is 867. The van der Waals surface area contributed by atoms with E-state index in [1.54, 1.807) is 36.0 Å². The number of anilines is 2. The van der Waals surface area contributed by atoms with Crippen LogP contribution in [-0.2, 0) is 14.3 Å². The van der Waals surface area contributed by atoms with E-state index in [1.165, 1.54) is 12.0 Å². The Labute approximate surface area is 161 Å². The number of nitrogens with one attached hydrogen (secondary N) is 1. The molecule has 0 unspecified atom stereocenters. The highest BCUT2D eigenvalue weighted by Gasteiger charge is 2.27. The Hall–Kier alpha value is -2.80. The monoisotopic (exact) mass is 384 g/mol. The second kappa shape index (κ2) is 8.26. The Morgan fingerprint density at radius 2 is 1.89 bits per heavy atom. The van der Waals surface area contributed by atoms with Gasteiger partial charge in [0.15, 0.2) is 0 Å². The van der Waals surface area contributed by atoms with Crippen molar-refractivity contribution in [2.75, 3.05) is 23.9 Å². The lowest BCUT2D eigenvalue weighted by atomic mass is 10.2. The van der Waals surface area contributed by atoms with Gasteiger partial charge in [0.05, 0.1) is 18.4 Å². The van der Waals surface area contributed by atoms with Crippen molar-refractivity contribution >= 4 is 40.9 Å². The van der Waals surface area contributed by atoms with Crippen LogP contribution in [0.25, 0.3) is 0 Å². The third-order valence-electron chi connectivity index (χ3n) is 4.14. The second-order valence-corrected chi connectivity index (χ2v) is 7.68. The molecular weight excluding hydrogens is 364 g/mol. The van der Waals surface area contributed by atoms with Crippen LogP contribution in [-0.4, -0.2) is 36.7 Å². The standard InChI is InChI=1S/C20H20N2O4S/c1-13-11-19(24)22(16-5-3-4-6-17(16)27-13)12-18(23)21-15-9-7-14(8-10-15)20(25)26-2/h3-10,13H,11-12H2,1-2H3,(H,21,23)/t13-/m1/s1. The molecular formula is C20H20N2O4S. The summed E-state index contributed by atoms with van der Waals surface area (Å²) < 4.78 is 4.65. The molecule has 1 N–H and O–H groups in total. The molecule has 7 heteroatoms. The number of methoxy groups -OCH3 is 1. The molecule has 1 heterocycles. The third kappa shape index (κ3) is 4.49. The SMILES string of the molecule is COC(=O)c1ccc(NC(=O)CN2C(=O)C[C@@H](C)Sc3ccccc32)cc1. The minimum absolute atomic E-state index is 0.0676. The molecule has 27 heavy (non-hydrogen) atoms. The molecule has 0 spiro atoms. The number of para-hydroxylation sites is 1. The lowest BCUT2D eigenvalue weighted by Crippen LogP contribution is -2.38. The van der Waals surface area contributed by atoms with Gasteiger partial charge in [-0.2, -0.15) is 0 Å². The summed E-state index contributed by atoms with van der Waals surface area (Å²) in [6.07, 6.45) is 0.375. The lowest BCUT2D eigenvalue weighted by Gasteiger charge is -2.22. The van der Waals surface area contributed by atoms with E-state index in [9.17, 15) is 14.4 Å². The molecule has 6 nitrogen and oxygen atoms in total. The number of amides is 2. The number of nitrogens with zero attached hydrogens (tertiary/aromatic N) is 1. The van der Waals surface area contributed by atoms with Crippen LogP contribution >= 0.6 is 11.8 Å². The molecule has 1 atom stereocenters. The topological polar surface area (TPSA) is 75.7 Å². The molecule has 3 rings (SSSR count). The minimum atomic E-state index is -0.439. The number of ether oxygens (including phenoxy) is 1. The fourth-order valence-corrected chi connectivity index (χ4v) is 3.97. The summed E-state index contributed by atoms with van der Waals surface area (Å²) in [4.78, 5) is 39.1. The predicted octanol–water partition coefficient (Wildman–Crippen LogP) is 3.33. The number of hydrogen-bond acceptors (Lipinski definition) is 5. The van der Waals surface area contributed by atoms with Crippen LogP contribution in [0.3, 0.4) is 0 Å². The Morgan fingerprint density at radius 3 is 2.59 bits per heavy atom. The zero-order chi connectivity index (χ0) is 19.4. The molecule has 2 aromatic carbocycles. The zero-order valence-corrected chi connectivity index (χ0v) is 15.9.